The smallest absolute Gasteiger partial charge is 0.323 e. The highest BCUT2D eigenvalue weighted by molar-refractivity contribution is 7.45. The Morgan fingerprint density at radius 2 is 1.93 bits per heavy atom. The first-order valence-corrected chi connectivity index (χ1v) is 15.8. The molecule has 2 aliphatic rings. The minimum Gasteiger partial charge on any atom is -0.460 e. The van der Waals surface area contributed by atoms with E-state index in [2.05, 4.69) is 20.4 Å². The van der Waals surface area contributed by atoms with Gasteiger partial charge in [-0.2, -0.15) is 4.98 Å². The van der Waals surface area contributed by atoms with Crippen LogP contribution in [0, 0.1) is 0 Å². The standard InChI is InChI=1S/C31H35N6O8P/c1-18(28(40)42-15-19-9-4-3-5-10-19)36-46(45-22-14-8-12-20-11-6-7-13-21(20)22)43-16-23-25(38)31(2,41)29(44-23)37-17-33-24-26(37)34-30(32)35-27(24)39/h3-14,18,23,25,29,33,36,38,41H,15-17H2,1-2H3,(H3,32,34,35,39)/t18-,23+,25?,29+,31?,46?/m0/s1. The fraction of sp³-hybridized carbons (Fsp3) is 0.323. The van der Waals surface area contributed by atoms with E-state index in [0.29, 0.717) is 5.75 Å². The van der Waals surface area contributed by atoms with Crippen LogP contribution < -0.4 is 31.1 Å². The molecule has 0 bridgehead atoms. The molecule has 242 valence electrons. The summed E-state index contributed by atoms with van der Waals surface area (Å²) < 4.78 is 24.1. The number of carbonyl (C=O) groups is 1. The third-order valence-electron chi connectivity index (χ3n) is 7.82. The number of nitrogens with zero attached hydrogens (tertiary/aromatic N) is 2. The predicted octanol–water partition coefficient (Wildman–Crippen LogP) is 2.58. The van der Waals surface area contributed by atoms with Crippen molar-refractivity contribution < 1.29 is 33.5 Å². The van der Waals surface area contributed by atoms with E-state index >= 15 is 0 Å². The number of benzene rings is 3. The van der Waals surface area contributed by atoms with Gasteiger partial charge in [0.1, 0.15) is 41.9 Å². The molecule has 4 aromatic rings. The number of H-pyrrole nitrogens is 1. The summed E-state index contributed by atoms with van der Waals surface area (Å²) in [7, 11) is -2.01. The van der Waals surface area contributed by atoms with E-state index in [-0.39, 0.29) is 37.3 Å². The number of carbonyl (C=O) groups excluding carboxylic acids is 1. The number of aromatic amines is 1. The number of ether oxygens (including phenoxy) is 2. The summed E-state index contributed by atoms with van der Waals surface area (Å²) in [4.78, 5) is 33.4. The van der Waals surface area contributed by atoms with Crippen LogP contribution in [0.4, 0.5) is 17.5 Å². The van der Waals surface area contributed by atoms with Gasteiger partial charge in [0, 0.05) is 5.39 Å². The highest BCUT2D eigenvalue weighted by atomic mass is 31.2. The van der Waals surface area contributed by atoms with Crippen molar-refractivity contribution in [3.63, 3.8) is 0 Å². The van der Waals surface area contributed by atoms with Gasteiger partial charge < -0.3 is 44.7 Å². The molecule has 15 heteroatoms. The molecule has 1 fully saturated rings. The van der Waals surface area contributed by atoms with Crippen molar-refractivity contribution >= 4 is 42.7 Å². The van der Waals surface area contributed by atoms with Crippen LogP contribution >= 0.6 is 8.53 Å². The third-order valence-corrected chi connectivity index (χ3v) is 9.16. The summed E-state index contributed by atoms with van der Waals surface area (Å²) >= 11 is 0. The number of aromatic nitrogens is 2. The largest absolute Gasteiger partial charge is 0.460 e. The first-order valence-electron chi connectivity index (χ1n) is 14.6. The normalized spacial score (nSPS) is 23.5. The maximum Gasteiger partial charge on any atom is 0.323 e. The Balaban J connectivity index is 1.18. The zero-order valence-electron chi connectivity index (χ0n) is 25.1. The zero-order valence-corrected chi connectivity index (χ0v) is 26.0. The maximum absolute atomic E-state index is 12.9. The van der Waals surface area contributed by atoms with E-state index in [1.807, 2.05) is 66.7 Å². The molecule has 6 atom stereocenters. The summed E-state index contributed by atoms with van der Waals surface area (Å²) in [6.45, 7) is 3.03. The monoisotopic (exact) mass is 650 g/mol. The van der Waals surface area contributed by atoms with Crippen LogP contribution in [0.3, 0.4) is 0 Å². The van der Waals surface area contributed by atoms with Gasteiger partial charge in [-0.25, -0.2) is 5.09 Å². The molecule has 0 amide bonds. The van der Waals surface area contributed by atoms with E-state index < -0.39 is 50.1 Å². The third kappa shape index (κ3) is 6.49. The van der Waals surface area contributed by atoms with Gasteiger partial charge in [0.2, 0.25) is 5.95 Å². The van der Waals surface area contributed by atoms with E-state index in [4.69, 9.17) is 24.3 Å². The van der Waals surface area contributed by atoms with Gasteiger partial charge in [0.25, 0.3) is 5.56 Å². The van der Waals surface area contributed by atoms with Gasteiger partial charge in [0.05, 0.1) is 13.3 Å². The Hall–Kier alpha value is -4.30. The van der Waals surface area contributed by atoms with Crippen molar-refractivity contribution in [3.8, 4) is 5.75 Å². The van der Waals surface area contributed by atoms with Crippen molar-refractivity contribution in [3.05, 3.63) is 88.7 Å². The molecule has 0 spiro atoms. The number of anilines is 3. The average Bonchev–Trinajstić information content (AvgIpc) is 3.56. The number of nitrogens with two attached hydrogens (primary N) is 1. The summed E-state index contributed by atoms with van der Waals surface area (Å²) in [6.07, 6.45) is -3.53. The van der Waals surface area contributed by atoms with Crippen LogP contribution in [0.1, 0.15) is 19.4 Å². The lowest BCUT2D eigenvalue weighted by molar-refractivity contribution is -0.146. The predicted molar refractivity (Wildman–Crippen MR) is 172 cm³/mol. The molecule has 14 nitrogen and oxygen atoms in total. The summed E-state index contributed by atoms with van der Waals surface area (Å²) in [6, 6.07) is 21.8. The number of fused-ring (bicyclic) bond motifs is 2. The lowest BCUT2D eigenvalue weighted by atomic mass is 9.96. The second-order valence-corrected chi connectivity index (χ2v) is 12.4. The number of aliphatic hydroxyl groups is 2. The molecule has 0 aliphatic carbocycles. The lowest BCUT2D eigenvalue weighted by Gasteiger charge is -2.33. The molecule has 46 heavy (non-hydrogen) atoms. The molecule has 3 heterocycles. The van der Waals surface area contributed by atoms with Crippen molar-refractivity contribution in [1.82, 2.24) is 15.1 Å². The Morgan fingerprint density at radius 1 is 1.20 bits per heavy atom. The number of rotatable bonds is 11. The average molecular weight is 651 g/mol. The van der Waals surface area contributed by atoms with E-state index in [9.17, 15) is 19.8 Å². The van der Waals surface area contributed by atoms with Crippen LogP contribution in [0.5, 0.6) is 5.75 Å². The molecule has 2 aliphatic heterocycles. The van der Waals surface area contributed by atoms with E-state index in [1.54, 1.807) is 13.0 Å². The fourth-order valence-electron chi connectivity index (χ4n) is 5.36. The molecule has 3 unspecified atom stereocenters. The molecular formula is C31H35N6O8P. The molecular weight excluding hydrogens is 615 g/mol. The summed E-state index contributed by atoms with van der Waals surface area (Å²) in [5, 5.41) is 30.3. The number of nitrogen functional groups attached to an aromatic ring is 1. The minimum atomic E-state index is -2.01. The SMILES string of the molecule is C[C@H](NP(OC[C@H]1O[C@@H](N2CNc3c2nc(N)[nH]c3=O)C(C)(O)C1O)Oc1cccc2ccccc12)C(=O)OCc1ccccc1. The zero-order chi connectivity index (χ0) is 32.4. The molecule has 7 N–H and O–H groups in total. The Bertz CT molecular complexity index is 1750. The Labute approximate surface area is 265 Å². The van der Waals surface area contributed by atoms with Crippen molar-refractivity contribution in [2.45, 2.75) is 50.5 Å². The quantitative estimate of drug-likeness (QED) is 0.103. The van der Waals surface area contributed by atoms with E-state index in [1.165, 1.54) is 11.8 Å². The maximum atomic E-state index is 12.9. The van der Waals surface area contributed by atoms with E-state index in [0.717, 1.165) is 16.3 Å². The highest BCUT2D eigenvalue weighted by Gasteiger charge is 2.56. The summed E-state index contributed by atoms with van der Waals surface area (Å²) in [5.74, 6) is 0.0946. The number of hydrogen-bond acceptors (Lipinski definition) is 13. The number of nitrogens with one attached hydrogen (secondary N) is 3. The number of aliphatic hydroxyl groups excluding tert-OH is 1. The van der Waals surface area contributed by atoms with Crippen molar-refractivity contribution in [1.29, 1.82) is 0 Å². The first kappa shape index (κ1) is 31.7. The van der Waals surface area contributed by atoms with Crippen LogP contribution in [-0.4, -0.2) is 69.5 Å². The van der Waals surface area contributed by atoms with Gasteiger partial charge in [-0.1, -0.05) is 66.7 Å². The lowest BCUT2D eigenvalue weighted by Crippen LogP contribution is -2.53. The van der Waals surface area contributed by atoms with Gasteiger partial charge in [-0.15, -0.1) is 0 Å². The molecule has 6 rings (SSSR count). The van der Waals surface area contributed by atoms with Gasteiger partial charge in [-0.05, 0) is 30.9 Å². The highest BCUT2D eigenvalue weighted by Crippen LogP contribution is 2.43. The second kappa shape index (κ2) is 13.2. The Morgan fingerprint density at radius 3 is 2.74 bits per heavy atom. The number of hydrogen-bond donors (Lipinski definition) is 6. The minimum absolute atomic E-state index is 0.0804. The number of esters is 1. The van der Waals surface area contributed by atoms with Gasteiger partial charge >= 0.3 is 14.5 Å². The fourth-order valence-corrected chi connectivity index (χ4v) is 6.58. The molecule has 0 saturated carbocycles. The topological polar surface area (TPSA) is 194 Å². The first-order chi connectivity index (χ1) is 22.1. The van der Waals surface area contributed by atoms with Crippen LogP contribution in [0.25, 0.3) is 10.8 Å². The van der Waals surface area contributed by atoms with Crippen molar-refractivity contribution in [2.75, 3.05) is 29.2 Å². The molecule has 3 aromatic carbocycles. The molecule has 1 aromatic heterocycles. The summed E-state index contributed by atoms with van der Waals surface area (Å²) in [5.41, 5.74) is 4.51. The van der Waals surface area contributed by atoms with Gasteiger partial charge in [-0.3, -0.25) is 14.6 Å². The van der Waals surface area contributed by atoms with Crippen LogP contribution in [0.2, 0.25) is 0 Å². The van der Waals surface area contributed by atoms with Crippen LogP contribution in [0.15, 0.2) is 77.6 Å². The van der Waals surface area contributed by atoms with Gasteiger partial charge in [0.15, 0.2) is 12.0 Å². The van der Waals surface area contributed by atoms with Crippen LogP contribution in [-0.2, 0) is 25.4 Å². The Kier molecular flexibility index (Phi) is 9.09. The molecule has 1 saturated heterocycles. The van der Waals surface area contributed by atoms with Crippen molar-refractivity contribution in [2.24, 2.45) is 0 Å². The molecule has 0 radical (unpaired) electrons. The second-order valence-electron chi connectivity index (χ2n) is 11.2.